The van der Waals surface area contributed by atoms with E-state index in [4.69, 9.17) is 0 Å². The number of benzene rings is 1. The molecule has 3 rings (SSSR count). The van der Waals surface area contributed by atoms with Crippen LogP contribution in [0.2, 0.25) is 0 Å². The predicted octanol–water partition coefficient (Wildman–Crippen LogP) is 3.34. The van der Waals surface area contributed by atoms with E-state index in [-0.39, 0.29) is 11.1 Å². The first kappa shape index (κ1) is 20.2. The van der Waals surface area contributed by atoms with Crippen LogP contribution in [-0.2, 0) is 17.9 Å². The average Bonchev–Trinajstić information content (AvgIpc) is 3.03. The SMILES string of the molecule is CC1CC(C)CN(Cc2ccc(CNC(=O)CCN3CCSC3=O)cc2)C1. The van der Waals surface area contributed by atoms with E-state index in [0.29, 0.717) is 19.5 Å². The zero-order chi connectivity index (χ0) is 19.2. The topological polar surface area (TPSA) is 52.7 Å². The van der Waals surface area contributed by atoms with Crippen LogP contribution < -0.4 is 5.32 Å². The minimum Gasteiger partial charge on any atom is -0.352 e. The molecule has 0 radical (unpaired) electrons. The molecular formula is C21H31N3O2S. The molecule has 2 heterocycles. The van der Waals surface area contributed by atoms with E-state index in [9.17, 15) is 9.59 Å². The standard InChI is InChI=1S/C21H31N3O2S/c1-16-11-17(2)14-23(13-16)15-19-5-3-18(4-6-19)12-22-20(25)7-8-24-9-10-27-21(24)26/h3-6,16-17H,7-15H2,1-2H3,(H,22,25). The van der Waals surface area contributed by atoms with Crippen molar-refractivity contribution < 1.29 is 9.59 Å². The molecular weight excluding hydrogens is 358 g/mol. The fraction of sp³-hybridized carbons (Fsp3) is 0.619. The van der Waals surface area contributed by atoms with Crippen LogP contribution in [0.25, 0.3) is 0 Å². The monoisotopic (exact) mass is 389 g/mol. The van der Waals surface area contributed by atoms with Crippen molar-refractivity contribution in [2.45, 2.75) is 39.8 Å². The van der Waals surface area contributed by atoms with Gasteiger partial charge in [0.15, 0.2) is 0 Å². The molecule has 5 nitrogen and oxygen atoms in total. The lowest BCUT2D eigenvalue weighted by Crippen LogP contribution is -2.38. The Morgan fingerprint density at radius 1 is 1.15 bits per heavy atom. The summed E-state index contributed by atoms with van der Waals surface area (Å²) in [5, 5.41) is 3.05. The van der Waals surface area contributed by atoms with Gasteiger partial charge in [0.05, 0.1) is 0 Å². The largest absolute Gasteiger partial charge is 0.352 e. The summed E-state index contributed by atoms with van der Waals surface area (Å²) in [5.41, 5.74) is 2.44. The first-order valence-electron chi connectivity index (χ1n) is 9.98. The number of rotatable bonds is 7. The third kappa shape index (κ3) is 6.25. The number of carbonyl (C=O) groups excluding carboxylic acids is 2. The van der Waals surface area contributed by atoms with E-state index in [0.717, 1.165) is 36.2 Å². The van der Waals surface area contributed by atoms with E-state index >= 15 is 0 Å². The lowest BCUT2D eigenvalue weighted by Gasteiger charge is -2.35. The summed E-state index contributed by atoms with van der Waals surface area (Å²) >= 11 is 1.33. The Morgan fingerprint density at radius 3 is 2.44 bits per heavy atom. The molecule has 2 amide bonds. The van der Waals surface area contributed by atoms with Crippen LogP contribution in [0, 0.1) is 11.8 Å². The molecule has 148 valence electrons. The fourth-order valence-corrected chi connectivity index (χ4v) is 4.95. The molecule has 0 aliphatic carbocycles. The molecule has 2 aliphatic heterocycles. The smallest absolute Gasteiger partial charge is 0.281 e. The summed E-state index contributed by atoms with van der Waals surface area (Å²) in [5.74, 6) is 2.39. The number of piperidine rings is 1. The predicted molar refractivity (Wildman–Crippen MR) is 111 cm³/mol. The van der Waals surface area contributed by atoms with Crippen LogP contribution in [0.1, 0.15) is 37.8 Å². The van der Waals surface area contributed by atoms with Crippen molar-refractivity contribution in [1.82, 2.24) is 15.1 Å². The van der Waals surface area contributed by atoms with Crippen LogP contribution in [0.3, 0.4) is 0 Å². The molecule has 1 N–H and O–H groups in total. The van der Waals surface area contributed by atoms with E-state index in [1.165, 1.54) is 36.8 Å². The van der Waals surface area contributed by atoms with Crippen LogP contribution in [0.5, 0.6) is 0 Å². The zero-order valence-corrected chi connectivity index (χ0v) is 17.3. The van der Waals surface area contributed by atoms with Gasteiger partial charge in [0.2, 0.25) is 5.91 Å². The molecule has 27 heavy (non-hydrogen) atoms. The van der Waals surface area contributed by atoms with Gasteiger partial charge in [-0.2, -0.15) is 0 Å². The normalized spacial score (nSPS) is 23.6. The van der Waals surface area contributed by atoms with E-state index in [1.54, 1.807) is 4.90 Å². The highest BCUT2D eigenvalue weighted by Gasteiger charge is 2.22. The van der Waals surface area contributed by atoms with Gasteiger partial charge in [0.1, 0.15) is 0 Å². The first-order chi connectivity index (χ1) is 13.0. The van der Waals surface area contributed by atoms with Gasteiger partial charge in [-0.15, -0.1) is 0 Å². The lowest BCUT2D eigenvalue weighted by atomic mass is 9.91. The molecule has 2 fully saturated rings. The van der Waals surface area contributed by atoms with Crippen molar-refractivity contribution in [2.24, 2.45) is 11.8 Å². The van der Waals surface area contributed by atoms with Crippen molar-refractivity contribution >= 4 is 22.9 Å². The second kappa shape index (κ2) is 9.60. The number of nitrogens with zero attached hydrogens (tertiary/aromatic N) is 2. The average molecular weight is 390 g/mol. The molecule has 2 atom stereocenters. The summed E-state index contributed by atoms with van der Waals surface area (Å²) < 4.78 is 0. The maximum Gasteiger partial charge on any atom is 0.281 e. The van der Waals surface area contributed by atoms with E-state index in [1.807, 2.05) is 0 Å². The third-order valence-electron chi connectivity index (χ3n) is 5.32. The van der Waals surface area contributed by atoms with Crippen molar-refractivity contribution in [1.29, 1.82) is 0 Å². The Kier molecular flexibility index (Phi) is 7.19. The highest BCUT2D eigenvalue weighted by molar-refractivity contribution is 8.13. The zero-order valence-electron chi connectivity index (χ0n) is 16.4. The molecule has 0 bridgehead atoms. The van der Waals surface area contributed by atoms with E-state index < -0.39 is 0 Å². The van der Waals surface area contributed by atoms with Gasteiger partial charge in [-0.25, -0.2) is 0 Å². The Balaban J connectivity index is 1.39. The number of carbonyl (C=O) groups is 2. The summed E-state index contributed by atoms with van der Waals surface area (Å²) in [6.45, 7) is 9.86. The quantitative estimate of drug-likeness (QED) is 0.777. The fourth-order valence-electron chi connectivity index (χ4n) is 4.10. The highest BCUT2D eigenvalue weighted by atomic mass is 32.2. The highest BCUT2D eigenvalue weighted by Crippen LogP contribution is 2.22. The van der Waals surface area contributed by atoms with Crippen LogP contribution >= 0.6 is 11.8 Å². The summed E-state index contributed by atoms with van der Waals surface area (Å²) in [6, 6.07) is 8.55. The second-order valence-electron chi connectivity index (χ2n) is 8.08. The molecule has 0 aromatic heterocycles. The van der Waals surface area contributed by atoms with Crippen molar-refractivity contribution in [3.63, 3.8) is 0 Å². The number of hydrogen-bond donors (Lipinski definition) is 1. The molecule has 6 heteroatoms. The molecule has 2 saturated heterocycles. The number of nitrogens with one attached hydrogen (secondary N) is 1. The number of hydrogen-bond acceptors (Lipinski definition) is 4. The lowest BCUT2D eigenvalue weighted by molar-refractivity contribution is -0.121. The molecule has 1 aromatic rings. The minimum atomic E-state index is 0.0000634. The van der Waals surface area contributed by atoms with Crippen molar-refractivity contribution in [3.05, 3.63) is 35.4 Å². The Bertz CT molecular complexity index is 639. The van der Waals surface area contributed by atoms with Gasteiger partial charge in [-0.3, -0.25) is 14.5 Å². The van der Waals surface area contributed by atoms with Gasteiger partial charge < -0.3 is 10.2 Å². The summed E-state index contributed by atoms with van der Waals surface area (Å²) in [4.78, 5) is 27.8. The Hall–Kier alpha value is -1.53. The maximum atomic E-state index is 12.0. The molecule has 1 aromatic carbocycles. The number of thioether (sulfide) groups is 1. The maximum absolute atomic E-state index is 12.0. The van der Waals surface area contributed by atoms with Crippen LogP contribution in [-0.4, -0.2) is 52.9 Å². The van der Waals surface area contributed by atoms with Crippen molar-refractivity contribution in [2.75, 3.05) is 31.9 Å². The summed E-state index contributed by atoms with van der Waals surface area (Å²) in [6.07, 6.45) is 1.70. The minimum absolute atomic E-state index is 0.0000634. The van der Waals surface area contributed by atoms with Gasteiger partial charge >= 0.3 is 0 Å². The van der Waals surface area contributed by atoms with Crippen LogP contribution in [0.15, 0.2) is 24.3 Å². The van der Waals surface area contributed by atoms with Gasteiger partial charge in [-0.05, 0) is 29.4 Å². The molecule has 0 spiro atoms. The number of likely N-dealkylation sites (tertiary alicyclic amines) is 1. The van der Waals surface area contributed by atoms with Crippen LogP contribution in [0.4, 0.5) is 4.79 Å². The molecule has 2 unspecified atom stereocenters. The Morgan fingerprint density at radius 2 is 1.81 bits per heavy atom. The van der Waals surface area contributed by atoms with Gasteiger partial charge in [0, 0.05) is 51.4 Å². The first-order valence-corrected chi connectivity index (χ1v) is 11.0. The van der Waals surface area contributed by atoms with Crippen molar-refractivity contribution in [3.8, 4) is 0 Å². The second-order valence-corrected chi connectivity index (χ2v) is 9.13. The Labute approximate surface area is 166 Å². The molecule has 2 aliphatic rings. The third-order valence-corrected chi connectivity index (χ3v) is 6.21. The summed E-state index contributed by atoms with van der Waals surface area (Å²) in [7, 11) is 0. The van der Waals surface area contributed by atoms with Gasteiger partial charge in [-0.1, -0.05) is 49.9 Å². The number of amides is 2. The van der Waals surface area contributed by atoms with Gasteiger partial charge in [0.25, 0.3) is 5.24 Å². The molecule has 0 saturated carbocycles. The van der Waals surface area contributed by atoms with E-state index in [2.05, 4.69) is 48.3 Å².